The fourth-order valence-electron chi connectivity index (χ4n) is 5.99. The van der Waals surface area contributed by atoms with Gasteiger partial charge in [-0.3, -0.25) is 4.79 Å². The molecule has 29 heavy (non-hydrogen) atoms. The maximum absolute atomic E-state index is 15.1. The third kappa shape index (κ3) is 5.43. The highest BCUT2D eigenvalue weighted by Gasteiger charge is 2.50. The second-order valence-corrected chi connectivity index (χ2v) is 11.0. The van der Waals surface area contributed by atoms with Crippen molar-refractivity contribution in [3.63, 3.8) is 0 Å². The summed E-state index contributed by atoms with van der Waals surface area (Å²) in [5.74, 6) is 2.21. The summed E-state index contributed by atoms with van der Waals surface area (Å²) in [6, 6.07) is -0.321. The Morgan fingerprint density at radius 2 is 1.79 bits per heavy atom. The second kappa shape index (κ2) is 10.2. The normalized spacial score (nSPS) is 34.9. The number of nitrogens with one attached hydrogen (secondary N) is 1. The molecular formula is C24H36Cl2FNO. The lowest BCUT2D eigenvalue weighted by Crippen LogP contribution is -2.58. The fourth-order valence-corrected chi connectivity index (χ4v) is 6.72. The van der Waals surface area contributed by atoms with Gasteiger partial charge in [-0.25, -0.2) is 4.39 Å². The van der Waals surface area contributed by atoms with Crippen LogP contribution >= 0.6 is 23.2 Å². The van der Waals surface area contributed by atoms with Crippen molar-refractivity contribution in [2.45, 2.75) is 107 Å². The van der Waals surface area contributed by atoms with Crippen LogP contribution in [-0.4, -0.2) is 28.9 Å². The topological polar surface area (TPSA) is 29.1 Å². The zero-order chi connectivity index (χ0) is 21.0. The molecule has 0 radical (unpaired) electrons. The number of rotatable bonds is 6. The standard InChI is InChI=1S/C24H36Cl2FNO/c1-3-17(15-16-9-5-4-6-10-16)23(29)28-22(24(2)13-7-8-14-24)20-19(27)12-11-18(25)21(20)26/h1,16-22H,4-15H2,2H3,(H,28,29)/t17-,18?,19?,20?,21?,22+/m0/s1. The molecule has 5 heteroatoms. The number of carbonyl (C=O) groups excluding carboxylic acids is 1. The summed E-state index contributed by atoms with van der Waals surface area (Å²) in [5.41, 5.74) is -0.157. The van der Waals surface area contributed by atoms with E-state index in [1.807, 2.05) is 0 Å². The summed E-state index contributed by atoms with van der Waals surface area (Å²) < 4.78 is 15.1. The Morgan fingerprint density at radius 3 is 2.41 bits per heavy atom. The van der Waals surface area contributed by atoms with E-state index in [1.54, 1.807) is 0 Å². The molecule has 3 fully saturated rings. The van der Waals surface area contributed by atoms with Gasteiger partial charge in [0, 0.05) is 12.0 Å². The van der Waals surface area contributed by atoms with Crippen molar-refractivity contribution in [3.8, 4) is 12.3 Å². The van der Waals surface area contributed by atoms with Crippen molar-refractivity contribution in [1.82, 2.24) is 5.32 Å². The highest BCUT2D eigenvalue weighted by molar-refractivity contribution is 6.30. The quantitative estimate of drug-likeness (QED) is 0.382. The van der Waals surface area contributed by atoms with Gasteiger partial charge in [-0.2, -0.15) is 0 Å². The number of alkyl halides is 3. The smallest absolute Gasteiger partial charge is 0.235 e. The molecule has 0 heterocycles. The number of halogens is 3. The predicted molar refractivity (Wildman–Crippen MR) is 119 cm³/mol. The van der Waals surface area contributed by atoms with Gasteiger partial charge in [0.1, 0.15) is 6.17 Å². The minimum atomic E-state index is -1.04. The average molecular weight is 444 g/mol. The monoisotopic (exact) mass is 443 g/mol. The maximum atomic E-state index is 15.1. The Balaban J connectivity index is 1.77. The van der Waals surface area contributed by atoms with Crippen LogP contribution in [0.15, 0.2) is 0 Å². The van der Waals surface area contributed by atoms with Crippen molar-refractivity contribution >= 4 is 29.1 Å². The molecule has 3 aliphatic rings. The molecule has 0 bridgehead atoms. The van der Waals surface area contributed by atoms with Crippen LogP contribution in [-0.2, 0) is 4.79 Å². The highest BCUT2D eigenvalue weighted by Crippen LogP contribution is 2.48. The fraction of sp³-hybridized carbons (Fsp3) is 0.875. The van der Waals surface area contributed by atoms with E-state index < -0.39 is 23.4 Å². The Labute approximate surface area is 186 Å². The first kappa shape index (κ1) is 23.2. The average Bonchev–Trinajstić information content (AvgIpc) is 3.16. The van der Waals surface area contributed by atoms with Gasteiger partial charge >= 0.3 is 0 Å². The van der Waals surface area contributed by atoms with Crippen LogP contribution in [0.4, 0.5) is 4.39 Å². The number of hydrogen-bond donors (Lipinski definition) is 1. The van der Waals surface area contributed by atoms with Gasteiger partial charge in [0.25, 0.3) is 0 Å². The minimum Gasteiger partial charge on any atom is -0.351 e. The molecule has 0 aromatic rings. The van der Waals surface area contributed by atoms with E-state index in [-0.39, 0.29) is 22.7 Å². The zero-order valence-corrected chi connectivity index (χ0v) is 19.2. The van der Waals surface area contributed by atoms with Crippen LogP contribution in [0.2, 0.25) is 0 Å². The molecule has 2 nitrogen and oxygen atoms in total. The molecule has 0 saturated heterocycles. The Bertz CT molecular complexity index is 594. The van der Waals surface area contributed by atoms with E-state index in [0.29, 0.717) is 18.8 Å². The predicted octanol–water partition coefficient (Wildman–Crippen LogP) is 6.23. The van der Waals surface area contributed by atoms with E-state index in [2.05, 4.69) is 18.2 Å². The van der Waals surface area contributed by atoms with Gasteiger partial charge in [-0.1, -0.05) is 57.8 Å². The van der Waals surface area contributed by atoms with Crippen LogP contribution in [0, 0.1) is 35.5 Å². The van der Waals surface area contributed by atoms with Gasteiger partial charge in [-0.15, -0.1) is 29.6 Å². The van der Waals surface area contributed by atoms with E-state index in [1.165, 1.54) is 19.3 Å². The first-order chi connectivity index (χ1) is 13.9. The summed E-state index contributed by atoms with van der Waals surface area (Å²) in [6.45, 7) is 2.17. The molecule has 0 aromatic carbocycles. The van der Waals surface area contributed by atoms with E-state index in [9.17, 15) is 4.79 Å². The molecular weight excluding hydrogens is 408 g/mol. The molecule has 1 N–H and O–H groups in total. The van der Waals surface area contributed by atoms with Crippen LogP contribution < -0.4 is 5.32 Å². The molecule has 3 rings (SSSR count). The van der Waals surface area contributed by atoms with Crippen molar-refractivity contribution in [1.29, 1.82) is 0 Å². The van der Waals surface area contributed by atoms with Crippen molar-refractivity contribution < 1.29 is 9.18 Å². The van der Waals surface area contributed by atoms with E-state index in [0.717, 1.165) is 44.9 Å². The number of hydrogen-bond acceptors (Lipinski definition) is 1. The molecule has 6 atom stereocenters. The highest BCUT2D eigenvalue weighted by atomic mass is 35.5. The first-order valence-corrected chi connectivity index (χ1v) is 12.4. The third-order valence-corrected chi connectivity index (χ3v) is 9.05. The maximum Gasteiger partial charge on any atom is 0.235 e. The van der Waals surface area contributed by atoms with Crippen LogP contribution in [0.1, 0.15) is 84.0 Å². The van der Waals surface area contributed by atoms with E-state index in [4.69, 9.17) is 29.6 Å². The molecule has 3 saturated carbocycles. The lowest BCUT2D eigenvalue weighted by atomic mass is 9.68. The van der Waals surface area contributed by atoms with Crippen LogP contribution in [0.3, 0.4) is 0 Å². The van der Waals surface area contributed by atoms with E-state index >= 15 is 4.39 Å². The van der Waals surface area contributed by atoms with Gasteiger partial charge in [0.2, 0.25) is 5.91 Å². The number of terminal acetylenes is 1. The first-order valence-electron chi connectivity index (χ1n) is 11.5. The Kier molecular flexibility index (Phi) is 8.19. The summed E-state index contributed by atoms with van der Waals surface area (Å²) in [6.07, 6.45) is 16.6. The van der Waals surface area contributed by atoms with Crippen molar-refractivity contribution in [3.05, 3.63) is 0 Å². The van der Waals surface area contributed by atoms with Gasteiger partial charge < -0.3 is 5.32 Å². The molecule has 3 aliphatic carbocycles. The summed E-state index contributed by atoms with van der Waals surface area (Å²) >= 11 is 13.1. The molecule has 164 valence electrons. The lowest BCUT2D eigenvalue weighted by Gasteiger charge is -2.46. The van der Waals surface area contributed by atoms with Gasteiger partial charge in [0.15, 0.2) is 0 Å². The number of amides is 1. The third-order valence-electron chi connectivity index (χ3n) is 7.84. The zero-order valence-electron chi connectivity index (χ0n) is 17.6. The largest absolute Gasteiger partial charge is 0.351 e. The number of carbonyl (C=O) groups is 1. The van der Waals surface area contributed by atoms with Crippen molar-refractivity contribution in [2.24, 2.45) is 23.2 Å². The summed E-state index contributed by atoms with van der Waals surface area (Å²) in [4.78, 5) is 13.2. The Hall–Kier alpha value is -0.460. The SMILES string of the molecule is C#C[C@@H](CC1CCCCC1)C(=O)N[C@H](C1C(F)CCC(Cl)C1Cl)C1(C)CCCC1. The van der Waals surface area contributed by atoms with Crippen molar-refractivity contribution in [2.75, 3.05) is 0 Å². The second-order valence-electron chi connectivity index (χ2n) is 9.94. The van der Waals surface area contributed by atoms with Crippen LogP contribution in [0.5, 0.6) is 0 Å². The minimum absolute atomic E-state index is 0.121. The molecule has 0 spiro atoms. The summed E-state index contributed by atoms with van der Waals surface area (Å²) in [7, 11) is 0. The Morgan fingerprint density at radius 1 is 1.14 bits per heavy atom. The van der Waals surface area contributed by atoms with Crippen LogP contribution in [0.25, 0.3) is 0 Å². The molecule has 1 amide bonds. The lowest BCUT2D eigenvalue weighted by molar-refractivity contribution is -0.126. The molecule has 4 unspecified atom stereocenters. The van der Waals surface area contributed by atoms with Gasteiger partial charge in [-0.05, 0) is 43.4 Å². The van der Waals surface area contributed by atoms with Gasteiger partial charge in [0.05, 0.1) is 16.7 Å². The summed E-state index contributed by atoms with van der Waals surface area (Å²) in [5, 5.41) is 2.49. The molecule has 0 aliphatic heterocycles. The molecule has 0 aromatic heterocycles.